The Hall–Kier alpha value is -0.860. The van der Waals surface area contributed by atoms with Gasteiger partial charge in [-0.2, -0.15) is 0 Å². The van der Waals surface area contributed by atoms with Gasteiger partial charge in [-0.1, -0.05) is 23.7 Å². The second-order valence-corrected chi connectivity index (χ2v) is 4.92. The summed E-state index contributed by atoms with van der Waals surface area (Å²) in [7, 11) is 0. The van der Waals surface area contributed by atoms with Crippen LogP contribution < -0.4 is 0 Å². The fourth-order valence-corrected chi connectivity index (χ4v) is 2.23. The van der Waals surface area contributed by atoms with Crippen LogP contribution >= 0.6 is 11.6 Å². The molecular formula is C13H15ClO2. The number of halogens is 1. The van der Waals surface area contributed by atoms with E-state index in [1.54, 1.807) is 6.92 Å². The first-order valence-electron chi connectivity index (χ1n) is 5.46. The summed E-state index contributed by atoms with van der Waals surface area (Å²) >= 11 is 5.99. The number of hydrogen-bond donors (Lipinski definition) is 0. The highest BCUT2D eigenvalue weighted by Gasteiger charge is 2.40. The number of ether oxygens (including phenoxy) is 1. The standard InChI is InChI=1S/C13H15ClO2/c1-10(15)5-6-13(8-16-9-13)11-3-2-4-12(14)7-11/h2-4,7H,5-6,8-9H2,1H3. The summed E-state index contributed by atoms with van der Waals surface area (Å²) in [4.78, 5) is 11.1. The highest BCUT2D eigenvalue weighted by molar-refractivity contribution is 6.30. The zero-order valence-electron chi connectivity index (χ0n) is 9.33. The van der Waals surface area contributed by atoms with E-state index < -0.39 is 0 Å². The minimum Gasteiger partial charge on any atom is -0.379 e. The zero-order valence-corrected chi connectivity index (χ0v) is 10.1. The van der Waals surface area contributed by atoms with Crippen LogP contribution in [0.2, 0.25) is 5.02 Å². The molecule has 2 nitrogen and oxygen atoms in total. The summed E-state index contributed by atoms with van der Waals surface area (Å²) in [5.41, 5.74) is 1.20. The molecule has 2 rings (SSSR count). The number of carbonyl (C=O) groups is 1. The Morgan fingerprint density at radius 2 is 2.25 bits per heavy atom. The average molecular weight is 239 g/mol. The second-order valence-electron chi connectivity index (χ2n) is 4.49. The van der Waals surface area contributed by atoms with E-state index in [0.717, 1.165) is 11.4 Å². The van der Waals surface area contributed by atoms with Crippen LogP contribution in [0.25, 0.3) is 0 Å². The van der Waals surface area contributed by atoms with Crippen LogP contribution in [0.1, 0.15) is 25.3 Å². The van der Waals surface area contributed by atoms with Crippen LogP contribution in [-0.4, -0.2) is 19.0 Å². The molecule has 0 amide bonds. The molecule has 1 aromatic carbocycles. The first-order valence-corrected chi connectivity index (χ1v) is 5.83. The van der Waals surface area contributed by atoms with Crippen LogP contribution in [0, 0.1) is 0 Å². The van der Waals surface area contributed by atoms with Gasteiger partial charge in [0, 0.05) is 16.9 Å². The van der Waals surface area contributed by atoms with Crippen molar-refractivity contribution in [2.75, 3.05) is 13.2 Å². The maximum atomic E-state index is 11.1. The smallest absolute Gasteiger partial charge is 0.129 e. The molecule has 0 radical (unpaired) electrons. The van der Waals surface area contributed by atoms with Gasteiger partial charge < -0.3 is 9.53 Å². The van der Waals surface area contributed by atoms with Gasteiger partial charge >= 0.3 is 0 Å². The number of Topliss-reactive ketones (excluding diaryl/α,β-unsaturated/α-hetero) is 1. The molecule has 1 aliphatic rings. The summed E-state index contributed by atoms with van der Waals surface area (Å²) in [6, 6.07) is 7.85. The molecule has 0 N–H and O–H groups in total. The van der Waals surface area contributed by atoms with Gasteiger partial charge in [0.1, 0.15) is 5.78 Å². The van der Waals surface area contributed by atoms with Crippen molar-refractivity contribution in [1.29, 1.82) is 0 Å². The van der Waals surface area contributed by atoms with Crippen LogP contribution in [-0.2, 0) is 14.9 Å². The van der Waals surface area contributed by atoms with E-state index in [1.807, 2.05) is 18.2 Å². The summed E-state index contributed by atoms with van der Waals surface area (Å²) in [6.45, 7) is 3.02. The first-order chi connectivity index (χ1) is 7.62. The molecule has 16 heavy (non-hydrogen) atoms. The summed E-state index contributed by atoms with van der Waals surface area (Å²) in [5.74, 6) is 0.230. The van der Waals surface area contributed by atoms with E-state index in [4.69, 9.17) is 16.3 Å². The lowest BCUT2D eigenvalue weighted by atomic mass is 9.75. The molecule has 1 saturated heterocycles. The van der Waals surface area contributed by atoms with E-state index >= 15 is 0 Å². The topological polar surface area (TPSA) is 26.3 Å². The molecule has 1 aliphatic heterocycles. The van der Waals surface area contributed by atoms with Gasteiger partial charge in [0.25, 0.3) is 0 Å². The van der Waals surface area contributed by atoms with Crippen molar-refractivity contribution < 1.29 is 9.53 Å². The van der Waals surface area contributed by atoms with Gasteiger partial charge in [-0.25, -0.2) is 0 Å². The number of carbonyl (C=O) groups excluding carboxylic acids is 1. The number of benzene rings is 1. The molecule has 0 bridgehead atoms. The third kappa shape index (κ3) is 2.28. The summed E-state index contributed by atoms with van der Waals surface area (Å²) < 4.78 is 5.31. The van der Waals surface area contributed by atoms with Gasteiger partial charge in [-0.05, 0) is 31.0 Å². The molecule has 86 valence electrons. The van der Waals surface area contributed by atoms with E-state index in [0.29, 0.717) is 19.6 Å². The molecule has 0 spiro atoms. The van der Waals surface area contributed by atoms with Crippen molar-refractivity contribution in [2.45, 2.75) is 25.2 Å². The number of ketones is 1. The lowest BCUT2D eigenvalue weighted by Crippen LogP contribution is -2.46. The van der Waals surface area contributed by atoms with E-state index in [-0.39, 0.29) is 11.2 Å². The zero-order chi connectivity index (χ0) is 11.6. The average Bonchev–Trinajstić information content (AvgIpc) is 2.15. The van der Waals surface area contributed by atoms with E-state index in [9.17, 15) is 4.79 Å². The fourth-order valence-electron chi connectivity index (χ4n) is 2.04. The minimum atomic E-state index is 0.0105. The van der Waals surface area contributed by atoms with Gasteiger partial charge in [0.2, 0.25) is 0 Å². The predicted octanol–water partition coefficient (Wildman–Crippen LogP) is 2.98. The Morgan fingerprint density at radius 3 is 2.75 bits per heavy atom. The van der Waals surface area contributed by atoms with E-state index in [1.165, 1.54) is 5.56 Å². The van der Waals surface area contributed by atoms with Crippen LogP contribution in [0.3, 0.4) is 0 Å². The normalized spacial score (nSPS) is 17.9. The Labute approximate surface area is 101 Å². The van der Waals surface area contributed by atoms with Gasteiger partial charge in [0.05, 0.1) is 13.2 Å². The second kappa shape index (κ2) is 4.56. The third-order valence-corrected chi connectivity index (χ3v) is 3.38. The molecule has 1 heterocycles. The lowest BCUT2D eigenvalue weighted by Gasteiger charge is -2.42. The molecule has 1 fully saturated rings. The van der Waals surface area contributed by atoms with Crippen molar-refractivity contribution in [3.63, 3.8) is 0 Å². The van der Waals surface area contributed by atoms with Crippen molar-refractivity contribution in [2.24, 2.45) is 0 Å². The van der Waals surface area contributed by atoms with Crippen molar-refractivity contribution in [3.8, 4) is 0 Å². The van der Waals surface area contributed by atoms with Crippen LogP contribution in [0.4, 0.5) is 0 Å². The van der Waals surface area contributed by atoms with E-state index in [2.05, 4.69) is 6.07 Å². The van der Waals surface area contributed by atoms with Crippen LogP contribution in [0.5, 0.6) is 0 Å². The third-order valence-electron chi connectivity index (χ3n) is 3.15. The quantitative estimate of drug-likeness (QED) is 0.806. The Balaban J connectivity index is 2.17. The number of rotatable bonds is 4. The van der Waals surface area contributed by atoms with Crippen molar-refractivity contribution >= 4 is 17.4 Å². The largest absolute Gasteiger partial charge is 0.379 e. The molecule has 1 aromatic rings. The van der Waals surface area contributed by atoms with Crippen molar-refractivity contribution in [1.82, 2.24) is 0 Å². The first kappa shape index (κ1) is 11.6. The fraction of sp³-hybridized carbons (Fsp3) is 0.462. The maximum absolute atomic E-state index is 11.1. The molecule has 0 aliphatic carbocycles. The van der Waals surface area contributed by atoms with Crippen LogP contribution in [0.15, 0.2) is 24.3 Å². The Bertz CT molecular complexity index is 397. The molecule has 0 atom stereocenters. The molecule has 0 aromatic heterocycles. The highest BCUT2D eigenvalue weighted by atomic mass is 35.5. The summed E-state index contributed by atoms with van der Waals surface area (Å²) in [6.07, 6.45) is 1.46. The molecule has 3 heteroatoms. The SMILES string of the molecule is CC(=O)CCC1(c2cccc(Cl)c2)COC1. The molecular weight excluding hydrogens is 224 g/mol. The van der Waals surface area contributed by atoms with Gasteiger partial charge in [-0.15, -0.1) is 0 Å². The maximum Gasteiger partial charge on any atom is 0.129 e. The van der Waals surface area contributed by atoms with Crippen molar-refractivity contribution in [3.05, 3.63) is 34.9 Å². The Morgan fingerprint density at radius 1 is 1.50 bits per heavy atom. The monoisotopic (exact) mass is 238 g/mol. The molecule has 0 saturated carbocycles. The summed E-state index contributed by atoms with van der Waals surface area (Å²) in [5, 5.41) is 0.742. The van der Waals surface area contributed by atoms with Gasteiger partial charge in [0.15, 0.2) is 0 Å². The minimum absolute atomic E-state index is 0.0105. The molecule has 0 unspecified atom stereocenters. The predicted molar refractivity (Wildman–Crippen MR) is 63.9 cm³/mol. The lowest BCUT2D eigenvalue weighted by molar-refractivity contribution is -0.119. The highest BCUT2D eigenvalue weighted by Crippen LogP contribution is 2.37. The number of hydrogen-bond acceptors (Lipinski definition) is 2. The Kier molecular flexibility index (Phi) is 3.31. The van der Waals surface area contributed by atoms with Gasteiger partial charge in [-0.3, -0.25) is 0 Å².